The molecule has 0 saturated carbocycles. The third-order valence-corrected chi connectivity index (χ3v) is 3.64. The van der Waals surface area contributed by atoms with Crippen molar-refractivity contribution in [3.05, 3.63) is 51.8 Å². The number of carbonyl (C=O) groups excluding carboxylic acids is 1. The van der Waals surface area contributed by atoms with Crippen LogP contribution in [-0.2, 0) is 19.3 Å². The molecular weight excluding hydrogens is 363 g/mol. The molecule has 1 aromatic carbocycles. The number of nitrogens with zero attached hydrogens (tertiary/aromatic N) is 2. The molecule has 1 amide bonds. The molecule has 0 fully saturated rings. The fourth-order valence-corrected chi connectivity index (χ4v) is 2.28. The Morgan fingerprint density at radius 2 is 2.14 bits per heavy atom. The molecule has 0 radical (unpaired) electrons. The molecule has 2 rings (SSSR count). The maximum atomic E-state index is 12.6. The minimum absolute atomic E-state index is 0.0409. The Morgan fingerprint density at radius 3 is 2.73 bits per heavy atom. The van der Waals surface area contributed by atoms with Gasteiger partial charge in [-0.2, -0.15) is 18.3 Å². The molecule has 4 nitrogen and oxygen atoms in total. The van der Waals surface area contributed by atoms with Crippen LogP contribution in [0, 0.1) is 0 Å². The second kappa shape index (κ2) is 6.51. The van der Waals surface area contributed by atoms with Crippen LogP contribution in [0.4, 0.5) is 13.2 Å². The van der Waals surface area contributed by atoms with E-state index in [0.29, 0.717) is 12.2 Å². The monoisotopic (exact) mass is 375 g/mol. The van der Waals surface area contributed by atoms with Gasteiger partial charge in [-0.05, 0) is 41.1 Å². The first-order valence-electron chi connectivity index (χ1n) is 6.48. The molecule has 0 atom stereocenters. The SMILES string of the molecule is CCn1cc(Br)c(CNC(=O)c2cccc(C(F)(F)F)c2)n1. The lowest BCUT2D eigenvalue weighted by molar-refractivity contribution is -0.137. The lowest BCUT2D eigenvalue weighted by Gasteiger charge is -2.09. The van der Waals surface area contributed by atoms with Gasteiger partial charge in [0.15, 0.2) is 0 Å². The summed E-state index contributed by atoms with van der Waals surface area (Å²) in [7, 11) is 0. The van der Waals surface area contributed by atoms with Gasteiger partial charge in [0.25, 0.3) is 5.91 Å². The average Bonchev–Trinajstić information content (AvgIpc) is 2.84. The van der Waals surface area contributed by atoms with Gasteiger partial charge >= 0.3 is 6.18 Å². The predicted octanol–water partition coefficient (Wildman–Crippen LogP) is 3.61. The molecule has 22 heavy (non-hydrogen) atoms. The van der Waals surface area contributed by atoms with Gasteiger partial charge in [0.2, 0.25) is 0 Å². The highest BCUT2D eigenvalue weighted by molar-refractivity contribution is 9.10. The van der Waals surface area contributed by atoms with Crippen LogP contribution < -0.4 is 5.32 Å². The van der Waals surface area contributed by atoms with E-state index < -0.39 is 17.6 Å². The van der Waals surface area contributed by atoms with Crippen molar-refractivity contribution >= 4 is 21.8 Å². The number of rotatable bonds is 4. The summed E-state index contributed by atoms with van der Waals surface area (Å²) in [6.45, 7) is 2.73. The van der Waals surface area contributed by atoms with Crippen molar-refractivity contribution in [2.24, 2.45) is 0 Å². The van der Waals surface area contributed by atoms with Crippen LogP contribution in [0.5, 0.6) is 0 Å². The van der Waals surface area contributed by atoms with Crippen LogP contribution in [0.1, 0.15) is 28.5 Å². The van der Waals surface area contributed by atoms with E-state index in [1.807, 2.05) is 6.92 Å². The second-order valence-electron chi connectivity index (χ2n) is 4.54. The highest BCUT2D eigenvalue weighted by atomic mass is 79.9. The van der Waals surface area contributed by atoms with Gasteiger partial charge < -0.3 is 5.32 Å². The molecule has 0 aliphatic carbocycles. The fraction of sp³-hybridized carbons (Fsp3) is 0.286. The average molecular weight is 376 g/mol. The Kier molecular flexibility index (Phi) is 4.90. The van der Waals surface area contributed by atoms with E-state index in [1.165, 1.54) is 12.1 Å². The first-order valence-corrected chi connectivity index (χ1v) is 7.28. The Hall–Kier alpha value is -1.83. The van der Waals surface area contributed by atoms with E-state index in [-0.39, 0.29) is 12.1 Å². The molecule has 1 N–H and O–H groups in total. The molecule has 2 aromatic rings. The molecule has 1 heterocycles. The summed E-state index contributed by atoms with van der Waals surface area (Å²) in [4.78, 5) is 12.0. The molecule has 0 bridgehead atoms. The van der Waals surface area contributed by atoms with Crippen LogP contribution in [0.3, 0.4) is 0 Å². The number of hydrogen-bond donors (Lipinski definition) is 1. The number of nitrogens with one attached hydrogen (secondary N) is 1. The maximum Gasteiger partial charge on any atom is 0.416 e. The quantitative estimate of drug-likeness (QED) is 0.886. The Morgan fingerprint density at radius 1 is 1.41 bits per heavy atom. The highest BCUT2D eigenvalue weighted by Crippen LogP contribution is 2.29. The van der Waals surface area contributed by atoms with E-state index in [4.69, 9.17) is 0 Å². The summed E-state index contributed by atoms with van der Waals surface area (Å²) in [6, 6.07) is 4.30. The normalized spacial score (nSPS) is 11.5. The lowest BCUT2D eigenvalue weighted by Crippen LogP contribution is -2.23. The molecule has 0 aliphatic heterocycles. The standard InChI is InChI=1S/C14H13BrF3N3O/c1-2-21-8-11(15)12(20-21)7-19-13(22)9-4-3-5-10(6-9)14(16,17)18/h3-6,8H,2,7H2,1H3,(H,19,22). The van der Waals surface area contributed by atoms with Gasteiger partial charge in [0, 0.05) is 18.3 Å². The number of benzene rings is 1. The predicted molar refractivity (Wildman–Crippen MR) is 78.2 cm³/mol. The summed E-state index contributed by atoms with van der Waals surface area (Å²) < 4.78 is 40.3. The van der Waals surface area contributed by atoms with E-state index in [2.05, 4.69) is 26.3 Å². The summed E-state index contributed by atoms with van der Waals surface area (Å²) in [6.07, 6.45) is -2.70. The molecule has 0 spiro atoms. The number of amides is 1. The number of aryl methyl sites for hydroxylation is 1. The van der Waals surface area contributed by atoms with Gasteiger partial charge in [-0.1, -0.05) is 6.07 Å². The largest absolute Gasteiger partial charge is 0.416 e. The topological polar surface area (TPSA) is 46.9 Å². The van der Waals surface area contributed by atoms with E-state index in [9.17, 15) is 18.0 Å². The summed E-state index contributed by atoms with van der Waals surface area (Å²) >= 11 is 3.32. The minimum atomic E-state index is -4.47. The Balaban J connectivity index is 2.08. The number of aromatic nitrogens is 2. The molecule has 0 unspecified atom stereocenters. The Labute approximate surface area is 133 Å². The van der Waals surface area contributed by atoms with E-state index in [1.54, 1.807) is 10.9 Å². The third-order valence-electron chi connectivity index (χ3n) is 2.98. The third kappa shape index (κ3) is 3.88. The summed E-state index contributed by atoms with van der Waals surface area (Å²) in [5.74, 6) is -0.580. The van der Waals surface area contributed by atoms with Crippen LogP contribution >= 0.6 is 15.9 Å². The van der Waals surface area contributed by atoms with Crippen LogP contribution in [0.15, 0.2) is 34.9 Å². The van der Waals surface area contributed by atoms with Gasteiger partial charge in [0.1, 0.15) is 0 Å². The fourth-order valence-electron chi connectivity index (χ4n) is 1.82. The van der Waals surface area contributed by atoms with Crippen molar-refractivity contribution in [2.45, 2.75) is 26.2 Å². The van der Waals surface area contributed by atoms with Gasteiger partial charge in [-0.3, -0.25) is 9.48 Å². The second-order valence-corrected chi connectivity index (χ2v) is 5.40. The van der Waals surface area contributed by atoms with Crippen LogP contribution in [-0.4, -0.2) is 15.7 Å². The minimum Gasteiger partial charge on any atom is -0.346 e. The maximum absolute atomic E-state index is 12.6. The van der Waals surface area contributed by atoms with Crippen molar-refractivity contribution in [3.8, 4) is 0 Å². The van der Waals surface area contributed by atoms with Crippen molar-refractivity contribution in [1.29, 1.82) is 0 Å². The van der Waals surface area contributed by atoms with E-state index in [0.717, 1.165) is 16.6 Å². The molecule has 8 heteroatoms. The smallest absolute Gasteiger partial charge is 0.346 e. The molecule has 118 valence electrons. The summed E-state index contributed by atoms with van der Waals surface area (Å²) in [5, 5.41) is 6.79. The lowest BCUT2D eigenvalue weighted by atomic mass is 10.1. The number of hydrogen-bond acceptors (Lipinski definition) is 2. The van der Waals surface area contributed by atoms with E-state index >= 15 is 0 Å². The van der Waals surface area contributed by atoms with Gasteiger partial charge in [-0.15, -0.1) is 0 Å². The van der Waals surface area contributed by atoms with Crippen LogP contribution in [0.2, 0.25) is 0 Å². The molecule has 1 aromatic heterocycles. The first-order chi connectivity index (χ1) is 10.3. The van der Waals surface area contributed by atoms with Crippen molar-refractivity contribution < 1.29 is 18.0 Å². The number of alkyl halides is 3. The number of halogens is 4. The van der Waals surface area contributed by atoms with Gasteiger partial charge in [0.05, 0.1) is 22.3 Å². The highest BCUT2D eigenvalue weighted by Gasteiger charge is 2.30. The zero-order valence-corrected chi connectivity index (χ0v) is 13.2. The molecular formula is C14H13BrF3N3O. The van der Waals surface area contributed by atoms with Gasteiger partial charge in [-0.25, -0.2) is 0 Å². The number of carbonyl (C=O) groups is 1. The zero-order valence-electron chi connectivity index (χ0n) is 11.6. The van der Waals surface area contributed by atoms with Crippen molar-refractivity contribution in [3.63, 3.8) is 0 Å². The van der Waals surface area contributed by atoms with Crippen LogP contribution in [0.25, 0.3) is 0 Å². The molecule has 0 saturated heterocycles. The Bertz CT molecular complexity index is 682. The zero-order chi connectivity index (χ0) is 16.3. The van der Waals surface area contributed by atoms with Crippen molar-refractivity contribution in [2.75, 3.05) is 0 Å². The first kappa shape index (κ1) is 16.5. The van der Waals surface area contributed by atoms with Crippen molar-refractivity contribution in [1.82, 2.24) is 15.1 Å². The molecule has 0 aliphatic rings. The summed E-state index contributed by atoms with van der Waals surface area (Å²) in [5.41, 5.74) is -0.278.